The van der Waals surface area contributed by atoms with Crippen LogP contribution in [0.15, 0.2) is 0 Å². The van der Waals surface area contributed by atoms with Crippen LogP contribution in [0.2, 0.25) is 0 Å². The van der Waals surface area contributed by atoms with Gasteiger partial charge in [0.15, 0.2) is 0 Å². The van der Waals surface area contributed by atoms with E-state index in [0.717, 1.165) is 0 Å². The standard InChI is InChI=1S/C11H17ClN2O4/c1-2-18-10(16)8-3-5-14(6-4-8)11(17)13-9(15)7-12/h8H,2-7H2,1H3,(H,13,15,17). The highest BCUT2D eigenvalue weighted by molar-refractivity contribution is 6.28. The molecule has 1 rings (SSSR count). The predicted molar refractivity (Wildman–Crippen MR) is 65.2 cm³/mol. The highest BCUT2D eigenvalue weighted by Crippen LogP contribution is 2.18. The first kappa shape index (κ1) is 14.8. The molecule has 18 heavy (non-hydrogen) atoms. The topological polar surface area (TPSA) is 75.7 Å². The molecule has 0 radical (unpaired) electrons. The molecular weight excluding hydrogens is 260 g/mol. The van der Waals surface area contributed by atoms with Crippen molar-refractivity contribution in [1.82, 2.24) is 10.2 Å². The highest BCUT2D eigenvalue weighted by Gasteiger charge is 2.28. The Kier molecular flexibility index (Phi) is 5.91. The number of hydrogen-bond donors (Lipinski definition) is 1. The quantitative estimate of drug-likeness (QED) is 0.609. The zero-order chi connectivity index (χ0) is 13.5. The predicted octanol–water partition coefficient (Wildman–Crippen LogP) is 0.736. The molecule has 0 aromatic carbocycles. The number of nitrogens with one attached hydrogen (secondary N) is 1. The Bertz CT molecular complexity index is 327. The summed E-state index contributed by atoms with van der Waals surface area (Å²) in [6.45, 7) is 3.00. The second-order valence-corrected chi connectivity index (χ2v) is 4.27. The van der Waals surface area contributed by atoms with Gasteiger partial charge < -0.3 is 9.64 Å². The van der Waals surface area contributed by atoms with Crippen LogP contribution in [0, 0.1) is 5.92 Å². The van der Waals surface area contributed by atoms with Gasteiger partial charge in [0.2, 0.25) is 5.91 Å². The summed E-state index contributed by atoms with van der Waals surface area (Å²) in [4.78, 5) is 35.5. The molecule has 0 bridgehead atoms. The number of halogens is 1. The van der Waals surface area contributed by atoms with Crippen molar-refractivity contribution >= 4 is 29.5 Å². The molecule has 1 fully saturated rings. The maximum absolute atomic E-state index is 11.6. The van der Waals surface area contributed by atoms with Gasteiger partial charge in [-0.2, -0.15) is 0 Å². The SMILES string of the molecule is CCOC(=O)C1CCN(C(=O)NC(=O)CCl)CC1. The first-order chi connectivity index (χ1) is 8.58. The third-order valence-electron chi connectivity index (χ3n) is 2.77. The van der Waals surface area contributed by atoms with E-state index >= 15 is 0 Å². The van der Waals surface area contributed by atoms with Crippen LogP contribution >= 0.6 is 11.6 Å². The summed E-state index contributed by atoms with van der Waals surface area (Å²) >= 11 is 5.29. The minimum Gasteiger partial charge on any atom is -0.466 e. The molecule has 0 spiro atoms. The van der Waals surface area contributed by atoms with E-state index < -0.39 is 11.9 Å². The minimum absolute atomic E-state index is 0.155. The molecular formula is C11H17ClN2O4. The Balaban J connectivity index is 2.37. The van der Waals surface area contributed by atoms with E-state index in [9.17, 15) is 14.4 Å². The fraction of sp³-hybridized carbons (Fsp3) is 0.727. The number of alkyl halides is 1. The third kappa shape index (κ3) is 4.18. The molecule has 1 aliphatic heterocycles. The van der Waals surface area contributed by atoms with Crippen LogP contribution in [0.5, 0.6) is 0 Å². The number of ether oxygens (including phenoxy) is 1. The summed E-state index contributed by atoms with van der Waals surface area (Å²) < 4.78 is 4.93. The number of piperidine rings is 1. The third-order valence-corrected chi connectivity index (χ3v) is 3.01. The van der Waals surface area contributed by atoms with Gasteiger partial charge in [-0.15, -0.1) is 11.6 Å². The van der Waals surface area contributed by atoms with Crippen molar-refractivity contribution in [3.8, 4) is 0 Å². The van der Waals surface area contributed by atoms with E-state index in [1.807, 2.05) is 0 Å². The van der Waals surface area contributed by atoms with E-state index in [1.165, 1.54) is 4.90 Å². The molecule has 0 aromatic rings. The van der Waals surface area contributed by atoms with Gasteiger partial charge in [0, 0.05) is 13.1 Å². The van der Waals surface area contributed by atoms with Crippen LogP contribution in [0.1, 0.15) is 19.8 Å². The largest absolute Gasteiger partial charge is 0.466 e. The summed E-state index contributed by atoms with van der Waals surface area (Å²) in [6.07, 6.45) is 1.11. The average Bonchev–Trinajstić information content (AvgIpc) is 2.39. The lowest BCUT2D eigenvalue weighted by molar-refractivity contribution is -0.149. The summed E-state index contributed by atoms with van der Waals surface area (Å²) in [7, 11) is 0. The van der Waals surface area contributed by atoms with Gasteiger partial charge in [-0.1, -0.05) is 0 Å². The molecule has 0 atom stereocenters. The summed E-state index contributed by atoms with van der Waals surface area (Å²) in [6, 6.07) is -0.456. The highest BCUT2D eigenvalue weighted by atomic mass is 35.5. The van der Waals surface area contributed by atoms with E-state index in [-0.39, 0.29) is 17.8 Å². The van der Waals surface area contributed by atoms with Gasteiger partial charge >= 0.3 is 12.0 Å². The second kappa shape index (κ2) is 7.20. The van der Waals surface area contributed by atoms with E-state index in [1.54, 1.807) is 6.92 Å². The first-order valence-corrected chi connectivity index (χ1v) is 6.43. The molecule has 0 aromatic heterocycles. The van der Waals surface area contributed by atoms with Crippen molar-refractivity contribution < 1.29 is 19.1 Å². The van der Waals surface area contributed by atoms with Crippen molar-refractivity contribution in [1.29, 1.82) is 0 Å². The number of amides is 3. The molecule has 102 valence electrons. The number of nitrogens with zero attached hydrogens (tertiary/aromatic N) is 1. The maximum atomic E-state index is 11.6. The Morgan fingerprint density at radius 3 is 2.44 bits per heavy atom. The van der Waals surface area contributed by atoms with Gasteiger partial charge in [0.05, 0.1) is 12.5 Å². The van der Waals surface area contributed by atoms with Gasteiger partial charge in [-0.25, -0.2) is 4.79 Å². The molecule has 0 aliphatic carbocycles. The van der Waals surface area contributed by atoms with E-state index in [2.05, 4.69) is 5.32 Å². The number of urea groups is 1. The van der Waals surface area contributed by atoms with Crippen LogP contribution in [0.3, 0.4) is 0 Å². The fourth-order valence-corrected chi connectivity index (χ4v) is 1.88. The molecule has 1 aliphatic rings. The number of rotatable bonds is 3. The molecule has 1 N–H and O–H groups in total. The summed E-state index contributed by atoms with van der Waals surface area (Å²) in [5.41, 5.74) is 0. The molecule has 7 heteroatoms. The molecule has 6 nitrogen and oxygen atoms in total. The van der Waals surface area contributed by atoms with E-state index in [4.69, 9.17) is 16.3 Å². The Labute approximate surface area is 111 Å². The monoisotopic (exact) mass is 276 g/mol. The number of carbonyl (C=O) groups excluding carboxylic acids is 3. The van der Waals surface area contributed by atoms with Gasteiger partial charge in [0.25, 0.3) is 0 Å². The van der Waals surface area contributed by atoms with Crippen molar-refractivity contribution in [2.24, 2.45) is 5.92 Å². The molecule has 1 saturated heterocycles. The molecule has 3 amide bonds. The van der Waals surface area contributed by atoms with Crippen LogP contribution in [-0.2, 0) is 14.3 Å². The summed E-state index contributed by atoms with van der Waals surface area (Å²) in [5, 5.41) is 2.17. The second-order valence-electron chi connectivity index (χ2n) is 4.00. The van der Waals surface area contributed by atoms with Crippen molar-refractivity contribution in [3.63, 3.8) is 0 Å². The van der Waals surface area contributed by atoms with E-state index in [0.29, 0.717) is 32.5 Å². The lowest BCUT2D eigenvalue weighted by atomic mass is 9.97. The zero-order valence-electron chi connectivity index (χ0n) is 10.3. The number of carbonyl (C=O) groups is 3. The minimum atomic E-state index is -0.519. The number of imide groups is 1. The van der Waals surface area contributed by atoms with Crippen molar-refractivity contribution in [2.45, 2.75) is 19.8 Å². The number of hydrogen-bond acceptors (Lipinski definition) is 4. The van der Waals surface area contributed by atoms with Crippen molar-refractivity contribution in [2.75, 3.05) is 25.6 Å². The van der Waals surface area contributed by atoms with Gasteiger partial charge in [-0.05, 0) is 19.8 Å². The maximum Gasteiger partial charge on any atom is 0.324 e. The Morgan fingerprint density at radius 2 is 1.94 bits per heavy atom. The fourth-order valence-electron chi connectivity index (χ4n) is 1.81. The number of likely N-dealkylation sites (tertiary alicyclic amines) is 1. The first-order valence-electron chi connectivity index (χ1n) is 5.89. The molecule has 0 unspecified atom stereocenters. The summed E-state index contributed by atoms with van der Waals surface area (Å²) in [5.74, 6) is -1.13. The Morgan fingerprint density at radius 1 is 1.33 bits per heavy atom. The smallest absolute Gasteiger partial charge is 0.324 e. The van der Waals surface area contributed by atoms with Crippen molar-refractivity contribution in [3.05, 3.63) is 0 Å². The lowest BCUT2D eigenvalue weighted by Gasteiger charge is -2.30. The lowest BCUT2D eigenvalue weighted by Crippen LogP contribution is -2.47. The number of esters is 1. The molecule has 0 saturated carbocycles. The van der Waals surface area contributed by atoms with Gasteiger partial charge in [-0.3, -0.25) is 14.9 Å². The molecule has 1 heterocycles. The van der Waals surface area contributed by atoms with Gasteiger partial charge in [0.1, 0.15) is 5.88 Å². The normalized spacial score (nSPS) is 16.2. The van der Waals surface area contributed by atoms with Crippen LogP contribution in [-0.4, -0.2) is 48.4 Å². The average molecular weight is 277 g/mol. The van der Waals surface area contributed by atoms with Crippen LogP contribution < -0.4 is 5.32 Å². The van der Waals surface area contributed by atoms with Crippen LogP contribution in [0.4, 0.5) is 4.79 Å². The Hall–Kier alpha value is -1.30. The zero-order valence-corrected chi connectivity index (χ0v) is 11.0. The van der Waals surface area contributed by atoms with Crippen LogP contribution in [0.25, 0.3) is 0 Å².